The first-order chi connectivity index (χ1) is 24.3. The van der Waals surface area contributed by atoms with Crippen molar-refractivity contribution in [3.05, 3.63) is 174 Å². The molecule has 1 atom stereocenters. The molecule has 0 amide bonds. The number of aromatic nitrogens is 3. The van der Waals surface area contributed by atoms with Crippen LogP contribution in [0.5, 0.6) is 11.5 Å². The van der Waals surface area contributed by atoms with E-state index in [2.05, 4.69) is 132 Å². The number of hydrogen-bond donors (Lipinski definition) is 0. The number of thiophene rings is 1. The molecule has 9 aromatic rings. The van der Waals surface area contributed by atoms with Gasteiger partial charge < -0.3 is 4.74 Å². The Bertz CT molecular complexity index is 2820. The summed E-state index contributed by atoms with van der Waals surface area (Å²) in [7, 11) is 0. The smallest absolute Gasteiger partial charge is 0.162 e. The Morgan fingerprint density at radius 1 is 0.571 bits per heavy atom. The number of fused-ring (bicyclic) bond motifs is 14. The lowest BCUT2D eigenvalue weighted by molar-refractivity contribution is 0.436. The van der Waals surface area contributed by atoms with Crippen molar-refractivity contribution in [2.45, 2.75) is 5.41 Å². The Morgan fingerprint density at radius 2 is 1.37 bits per heavy atom. The molecule has 1 aliphatic carbocycles. The minimum absolute atomic E-state index is 0.589. The summed E-state index contributed by atoms with van der Waals surface area (Å²) in [6.45, 7) is 0. The van der Waals surface area contributed by atoms with E-state index in [-0.39, 0.29) is 0 Å². The highest BCUT2D eigenvalue weighted by molar-refractivity contribution is 7.26. The molecule has 0 N–H and O–H groups in total. The first-order valence-electron chi connectivity index (χ1n) is 16.4. The Kier molecular flexibility index (Phi) is 5.44. The number of ether oxygens (including phenoxy) is 1. The van der Waals surface area contributed by atoms with Gasteiger partial charge in [0, 0.05) is 44.7 Å². The van der Waals surface area contributed by atoms with Crippen LogP contribution in [-0.2, 0) is 5.41 Å². The van der Waals surface area contributed by atoms with Gasteiger partial charge in [-0.25, -0.2) is 9.97 Å². The van der Waals surface area contributed by atoms with Crippen LogP contribution >= 0.6 is 11.3 Å². The number of benzene rings is 6. The van der Waals surface area contributed by atoms with Crippen LogP contribution in [0, 0.1) is 0 Å². The maximum absolute atomic E-state index is 6.76. The van der Waals surface area contributed by atoms with Crippen LogP contribution in [0.3, 0.4) is 0 Å². The van der Waals surface area contributed by atoms with Gasteiger partial charge in [0.2, 0.25) is 0 Å². The zero-order valence-electron chi connectivity index (χ0n) is 26.1. The second-order valence-electron chi connectivity index (χ2n) is 12.7. The second-order valence-corrected chi connectivity index (χ2v) is 13.8. The SMILES string of the molecule is c1cncc(-c2nc(-c3ccc4c(c3)C3(c5ccccc5O4)c4ccccc4-c4c3ccc3ccccc43)c3sc4ccccc4c3n2)c1. The fourth-order valence-corrected chi connectivity index (χ4v) is 9.38. The van der Waals surface area contributed by atoms with Gasteiger partial charge in [0.05, 0.1) is 21.3 Å². The topological polar surface area (TPSA) is 47.9 Å². The van der Waals surface area contributed by atoms with Crippen LogP contribution < -0.4 is 4.74 Å². The second kappa shape index (κ2) is 9.92. The van der Waals surface area contributed by atoms with E-state index < -0.39 is 5.41 Å². The van der Waals surface area contributed by atoms with Crippen LogP contribution in [-0.4, -0.2) is 15.0 Å². The van der Waals surface area contributed by atoms with Gasteiger partial charge in [-0.2, -0.15) is 0 Å². The summed E-state index contributed by atoms with van der Waals surface area (Å²) < 4.78 is 9.02. The summed E-state index contributed by atoms with van der Waals surface area (Å²) in [6, 6.07) is 49.8. The maximum Gasteiger partial charge on any atom is 0.162 e. The van der Waals surface area contributed by atoms with Crippen LogP contribution in [0.2, 0.25) is 0 Å². The van der Waals surface area contributed by atoms with Crippen molar-refractivity contribution in [3.63, 3.8) is 0 Å². The van der Waals surface area contributed by atoms with Gasteiger partial charge in [-0.3, -0.25) is 4.98 Å². The molecule has 6 aromatic carbocycles. The van der Waals surface area contributed by atoms with Crippen molar-refractivity contribution in [1.29, 1.82) is 0 Å². The molecule has 0 saturated carbocycles. The van der Waals surface area contributed by atoms with E-state index >= 15 is 0 Å². The van der Waals surface area contributed by atoms with Crippen molar-refractivity contribution in [2.24, 2.45) is 0 Å². The molecular weight excluding hydrogens is 619 g/mol. The number of rotatable bonds is 2. The average molecular weight is 644 g/mol. The standard InChI is InChI=1S/C44H25N3OS/c1-2-12-29-26(10-1)19-21-34-39(29)30-13-3-5-15-32(30)44(34)33-16-6-7-17-36(33)48-37-22-20-27(24-35(37)44)40-42-41(31-14-4-8-18-38(31)49-42)47-43(46-40)28-11-9-23-45-25-28/h1-25H. The van der Waals surface area contributed by atoms with Crippen LogP contribution in [0.4, 0.5) is 0 Å². The van der Waals surface area contributed by atoms with Crippen molar-refractivity contribution < 1.29 is 4.74 Å². The molecule has 11 rings (SSSR count). The zero-order valence-corrected chi connectivity index (χ0v) is 26.9. The zero-order chi connectivity index (χ0) is 32.1. The summed E-state index contributed by atoms with van der Waals surface area (Å²) in [5.74, 6) is 2.40. The summed E-state index contributed by atoms with van der Waals surface area (Å²) in [5.41, 5.74) is 10.5. The van der Waals surface area contributed by atoms with E-state index in [4.69, 9.17) is 14.7 Å². The monoisotopic (exact) mass is 643 g/mol. The molecule has 0 radical (unpaired) electrons. The molecule has 1 unspecified atom stereocenters. The number of hydrogen-bond acceptors (Lipinski definition) is 5. The molecule has 49 heavy (non-hydrogen) atoms. The van der Waals surface area contributed by atoms with Gasteiger partial charge in [0.15, 0.2) is 5.82 Å². The molecule has 0 saturated heterocycles. The third-order valence-corrected chi connectivity index (χ3v) is 11.4. The number of nitrogens with zero attached hydrogens (tertiary/aromatic N) is 3. The molecule has 5 heteroatoms. The van der Waals surface area contributed by atoms with Crippen molar-refractivity contribution in [1.82, 2.24) is 15.0 Å². The Morgan fingerprint density at radius 3 is 2.29 bits per heavy atom. The van der Waals surface area contributed by atoms with Crippen molar-refractivity contribution >= 4 is 42.4 Å². The summed E-state index contributed by atoms with van der Waals surface area (Å²) in [5, 5.41) is 3.63. The minimum Gasteiger partial charge on any atom is -0.457 e. The highest BCUT2D eigenvalue weighted by Crippen LogP contribution is 2.63. The van der Waals surface area contributed by atoms with E-state index in [0.717, 1.165) is 55.0 Å². The van der Waals surface area contributed by atoms with Crippen molar-refractivity contribution in [3.8, 4) is 45.3 Å². The third kappa shape index (κ3) is 3.60. The Hall–Kier alpha value is -6.17. The third-order valence-electron chi connectivity index (χ3n) is 10.2. The van der Waals surface area contributed by atoms with Gasteiger partial charge in [-0.15, -0.1) is 11.3 Å². The molecule has 3 aromatic heterocycles. The van der Waals surface area contributed by atoms with E-state index in [9.17, 15) is 0 Å². The average Bonchev–Trinajstić information content (AvgIpc) is 3.69. The maximum atomic E-state index is 6.76. The van der Waals surface area contributed by atoms with E-state index in [1.165, 1.54) is 37.7 Å². The summed E-state index contributed by atoms with van der Waals surface area (Å²) >= 11 is 1.74. The quantitative estimate of drug-likeness (QED) is 0.188. The van der Waals surface area contributed by atoms with Gasteiger partial charge in [0.25, 0.3) is 0 Å². The fourth-order valence-electron chi connectivity index (χ4n) is 8.23. The van der Waals surface area contributed by atoms with E-state index in [1.54, 1.807) is 17.5 Å². The molecule has 2 aliphatic rings. The first kappa shape index (κ1) is 26.9. The molecule has 1 spiro atoms. The lowest BCUT2D eigenvalue weighted by atomic mass is 9.65. The van der Waals surface area contributed by atoms with Crippen LogP contribution in [0.15, 0.2) is 152 Å². The van der Waals surface area contributed by atoms with Crippen LogP contribution in [0.25, 0.3) is 64.8 Å². The van der Waals surface area contributed by atoms with Crippen LogP contribution in [0.1, 0.15) is 22.3 Å². The van der Waals surface area contributed by atoms with Gasteiger partial charge >= 0.3 is 0 Å². The molecular formula is C44H25N3OS. The molecule has 1 aliphatic heterocycles. The van der Waals surface area contributed by atoms with Crippen molar-refractivity contribution in [2.75, 3.05) is 0 Å². The molecule has 4 nitrogen and oxygen atoms in total. The largest absolute Gasteiger partial charge is 0.457 e. The predicted octanol–water partition coefficient (Wildman–Crippen LogP) is 11.2. The summed E-state index contributed by atoms with van der Waals surface area (Å²) in [4.78, 5) is 14.8. The lowest BCUT2D eigenvalue weighted by Crippen LogP contribution is -2.32. The van der Waals surface area contributed by atoms with E-state index in [0.29, 0.717) is 5.82 Å². The first-order valence-corrected chi connectivity index (χ1v) is 17.2. The number of para-hydroxylation sites is 1. The fraction of sp³-hybridized carbons (Fsp3) is 0.0227. The van der Waals surface area contributed by atoms with E-state index in [1.807, 2.05) is 18.3 Å². The van der Waals surface area contributed by atoms with Gasteiger partial charge in [0.1, 0.15) is 11.5 Å². The molecule has 4 heterocycles. The molecule has 228 valence electrons. The molecule has 0 fully saturated rings. The lowest BCUT2D eigenvalue weighted by Gasteiger charge is -2.39. The van der Waals surface area contributed by atoms with Gasteiger partial charge in [-0.1, -0.05) is 97.1 Å². The van der Waals surface area contributed by atoms with Gasteiger partial charge in [-0.05, 0) is 75.5 Å². The number of pyridine rings is 1. The normalized spacial score (nSPS) is 15.6. The molecule has 0 bridgehead atoms. The Labute approximate surface area is 286 Å². The highest BCUT2D eigenvalue weighted by atomic mass is 32.1. The minimum atomic E-state index is -0.589. The summed E-state index contributed by atoms with van der Waals surface area (Å²) in [6.07, 6.45) is 3.62. The highest BCUT2D eigenvalue weighted by Gasteiger charge is 2.51. The predicted molar refractivity (Wildman–Crippen MR) is 198 cm³/mol. The Balaban J connectivity index is 1.25.